The van der Waals surface area contributed by atoms with Gasteiger partial charge in [-0.1, -0.05) is 19.1 Å². The van der Waals surface area contributed by atoms with E-state index in [1.54, 1.807) is 7.11 Å². The van der Waals surface area contributed by atoms with E-state index in [1.807, 2.05) is 12.1 Å². The van der Waals surface area contributed by atoms with Gasteiger partial charge < -0.3 is 4.74 Å². The van der Waals surface area contributed by atoms with Crippen LogP contribution in [-0.2, 0) is 5.41 Å². The first-order valence-electron chi connectivity index (χ1n) is 4.39. The molecule has 0 heterocycles. The number of rotatable bonds is 2. The van der Waals surface area contributed by atoms with Crippen molar-refractivity contribution in [1.29, 1.82) is 0 Å². The van der Waals surface area contributed by atoms with E-state index in [0.717, 1.165) is 5.75 Å². The molecule has 1 aromatic carbocycles. The summed E-state index contributed by atoms with van der Waals surface area (Å²) in [5.41, 5.74) is 1.93. The molecule has 0 saturated heterocycles. The van der Waals surface area contributed by atoms with Gasteiger partial charge in [-0.2, -0.15) is 0 Å². The quantitative estimate of drug-likeness (QED) is 0.649. The van der Waals surface area contributed by atoms with Crippen LogP contribution in [0.1, 0.15) is 25.3 Å². The van der Waals surface area contributed by atoms with Gasteiger partial charge in [0.25, 0.3) is 0 Å². The van der Waals surface area contributed by atoms with Crippen LogP contribution in [0.4, 0.5) is 0 Å². The fourth-order valence-corrected chi connectivity index (χ4v) is 1.47. The standard InChI is InChI=1S/C11H14O/c1-11(7-8-11)9-3-5-10(12-2)6-4-9/h3-6H,7-8H2,1-2H3. The topological polar surface area (TPSA) is 9.23 Å². The Morgan fingerprint density at radius 3 is 2.17 bits per heavy atom. The zero-order valence-corrected chi connectivity index (χ0v) is 7.63. The summed E-state index contributed by atoms with van der Waals surface area (Å²) in [7, 11) is 1.70. The molecule has 1 heteroatoms. The van der Waals surface area contributed by atoms with Crippen LogP contribution >= 0.6 is 0 Å². The second-order valence-electron chi connectivity index (χ2n) is 3.79. The maximum absolute atomic E-state index is 5.10. The molecule has 0 N–H and O–H groups in total. The summed E-state index contributed by atoms with van der Waals surface area (Å²) in [4.78, 5) is 0. The normalized spacial score (nSPS) is 18.8. The molecule has 0 spiro atoms. The van der Waals surface area contributed by atoms with Gasteiger partial charge in [0, 0.05) is 0 Å². The SMILES string of the molecule is COc1ccc(C2(C)CC2)cc1. The first kappa shape index (κ1) is 7.66. The lowest BCUT2D eigenvalue weighted by Gasteiger charge is -2.08. The maximum atomic E-state index is 5.10. The molecular weight excluding hydrogens is 148 g/mol. The predicted molar refractivity (Wildman–Crippen MR) is 49.6 cm³/mol. The summed E-state index contributed by atoms with van der Waals surface area (Å²) in [6, 6.07) is 8.43. The van der Waals surface area contributed by atoms with E-state index in [0.29, 0.717) is 5.41 Å². The Hall–Kier alpha value is -0.980. The van der Waals surface area contributed by atoms with Gasteiger partial charge in [-0.3, -0.25) is 0 Å². The van der Waals surface area contributed by atoms with Gasteiger partial charge in [-0.05, 0) is 36.0 Å². The number of methoxy groups -OCH3 is 1. The van der Waals surface area contributed by atoms with Crippen LogP contribution in [-0.4, -0.2) is 7.11 Å². The summed E-state index contributed by atoms with van der Waals surface area (Å²) >= 11 is 0. The fraction of sp³-hybridized carbons (Fsp3) is 0.455. The Bertz CT molecular complexity index is 270. The minimum absolute atomic E-state index is 0.478. The molecule has 1 fully saturated rings. The van der Waals surface area contributed by atoms with Crippen LogP contribution in [0.15, 0.2) is 24.3 Å². The van der Waals surface area contributed by atoms with E-state index in [2.05, 4.69) is 19.1 Å². The van der Waals surface area contributed by atoms with Gasteiger partial charge in [0.15, 0.2) is 0 Å². The Kier molecular flexibility index (Phi) is 1.60. The Balaban J connectivity index is 2.25. The van der Waals surface area contributed by atoms with Gasteiger partial charge in [-0.15, -0.1) is 0 Å². The van der Waals surface area contributed by atoms with Gasteiger partial charge in [-0.25, -0.2) is 0 Å². The highest BCUT2D eigenvalue weighted by Crippen LogP contribution is 2.47. The largest absolute Gasteiger partial charge is 0.497 e. The van der Waals surface area contributed by atoms with Crippen molar-refractivity contribution in [2.24, 2.45) is 0 Å². The molecule has 0 amide bonds. The fourth-order valence-electron chi connectivity index (χ4n) is 1.47. The highest BCUT2D eigenvalue weighted by atomic mass is 16.5. The van der Waals surface area contributed by atoms with Gasteiger partial charge in [0.05, 0.1) is 7.11 Å². The summed E-state index contributed by atoms with van der Waals surface area (Å²) in [5, 5.41) is 0. The van der Waals surface area contributed by atoms with E-state index in [1.165, 1.54) is 18.4 Å². The molecular formula is C11H14O. The molecule has 64 valence electrons. The van der Waals surface area contributed by atoms with E-state index in [4.69, 9.17) is 4.74 Å². The third-order valence-electron chi connectivity index (χ3n) is 2.79. The number of ether oxygens (including phenoxy) is 1. The number of hydrogen-bond acceptors (Lipinski definition) is 1. The van der Waals surface area contributed by atoms with Crippen molar-refractivity contribution in [3.63, 3.8) is 0 Å². The zero-order valence-electron chi connectivity index (χ0n) is 7.63. The van der Waals surface area contributed by atoms with Crippen molar-refractivity contribution in [3.8, 4) is 5.75 Å². The van der Waals surface area contributed by atoms with Crippen molar-refractivity contribution in [3.05, 3.63) is 29.8 Å². The van der Waals surface area contributed by atoms with Crippen LogP contribution in [0.5, 0.6) is 5.75 Å². The molecule has 1 aliphatic carbocycles. The van der Waals surface area contributed by atoms with Crippen molar-refractivity contribution < 1.29 is 4.74 Å². The lowest BCUT2D eigenvalue weighted by molar-refractivity contribution is 0.414. The van der Waals surface area contributed by atoms with Crippen molar-refractivity contribution in [2.45, 2.75) is 25.2 Å². The molecule has 1 aliphatic rings. The Morgan fingerprint density at radius 2 is 1.75 bits per heavy atom. The zero-order chi connectivity index (χ0) is 8.60. The minimum atomic E-state index is 0.478. The third kappa shape index (κ3) is 1.20. The average molecular weight is 162 g/mol. The molecule has 1 saturated carbocycles. The van der Waals surface area contributed by atoms with E-state index in [-0.39, 0.29) is 0 Å². The third-order valence-corrected chi connectivity index (χ3v) is 2.79. The predicted octanol–water partition coefficient (Wildman–Crippen LogP) is 2.75. The van der Waals surface area contributed by atoms with Crippen LogP contribution in [0, 0.1) is 0 Å². The molecule has 0 atom stereocenters. The lowest BCUT2D eigenvalue weighted by Crippen LogP contribution is -1.98. The first-order valence-corrected chi connectivity index (χ1v) is 4.39. The molecule has 1 nitrogen and oxygen atoms in total. The van der Waals surface area contributed by atoms with Crippen LogP contribution < -0.4 is 4.74 Å². The molecule has 0 aromatic heterocycles. The molecule has 0 unspecified atom stereocenters. The second kappa shape index (κ2) is 2.51. The van der Waals surface area contributed by atoms with Crippen LogP contribution in [0.3, 0.4) is 0 Å². The molecule has 0 aliphatic heterocycles. The average Bonchev–Trinajstić information content (AvgIpc) is 2.85. The molecule has 2 rings (SSSR count). The summed E-state index contributed by atoms with van der Waals surface area (Å²) in [6.45, 7) is 2.31. The maximum Gasteiger partial charge on any atom is 0.118 e. The van der Waals surface area contributed by atoms with Crippen LogP contribution in [0.25, 0.3) is 0 Å². The van der Waals surface area contributed by atoms with Gasteiger partial charge in [0.2, 0.25) is 0 Å². The molecule has 1 aromatic rings. The highest BCUT2D eigenvalue weighted by Gasteiger charge is 2.38. The second-order valence-corrected chi connectivity index (χ2v) is 3.79. The van der Waals surface area contributed by atoms with E-state index >= 15 is 0 Å². The summed E-state index contributed by atoms with van der Waals surface area (Å²) in [5.74, 6) is 0.947. The van der Waals surface area contributed by atoms with Crippen LogP contribution in [0.2, 0.25) is 0 Å². The summed E-state index contributed by atoms with van der Waals surface area (Å²) in [6.07, 6.45) is 2.67. The van der Waals surface area contributed by atoms with Crippen molar-refractivity contribution >= 4 is 0 Å². The lowest BCUT2D eigenvalue weighted by atomic mass is 9.99. The van der Waals surface area contributed by atoms with Gasteiger partial charge >= 0.3 is 0 Å². The summed E-state index contributed by atoms with van der Waals surface area (Å²) < 4.78 is 5.10. The number of hydrogen-bond donors (Lipinski definition) is 0. The monoisotopic (exact) mass is 162 g/mol. The van der Waals surface area contributed by atoms with E-state index < -0.39 is 0 Å². The number of benzene rings is 1. The van der Waals surface area contributed by atoms with Crippen molar-refractivity contribution in [2.75, 3.05) is 7.11 Å². The minimum Gasteiger partial charge on any atom is -0.497 e. The Morgan fingerprint density at radius 1 is 1.17 bits per heavy atom. The molecule has 0 bridgehead atoms. The van der Waals surface area contributed by atoms with Gasteiger partial charge in [0.1, 0.15) is 5.75 Å². The highest BCUT2D eigenvalue weighted by molar-refractivity contribution is 5.34. The Labute approximate surface area is 73.4 Å². The smallest absolute Gasteiger partial charge is 0.118 e. The van der Waals surface area contributed by atoms with Crippen molar-refractivity contribution in [1.82, 2.24) is 0 Å². The molecule has 12 heavy (non-hydrogen) atoms. The molecule has 0 radical (unpaired) electrons. The van der Waals surface area contributed by atoms with E-state index in [9.17, 15) is 0 Å². The first-order chi connectivity index (χ1) is 5.74.